The second-order valence-corrected chi connectivity index (χ2v) is 5.45. The molecule has 2 rings (SSSR count). The molecule has 0 saturated heterocycles. The number of anilines is 1. The van der Waals surface area contributed by atoms with Crippen LogP contribution in [0.3, 0.4) is 0 Å². The van der Waals surface area contributed by atoms with E-state index < -0.39 is 0 Å². The smallest absolute Gasteiger partial charge is 0.162 e. The van der Waals surface area contributed by atoms with Crippen molar-refractivity contribution in [3.63, 3.8) is 0 Å². The van der Waals surface area contributed by atoms with Gasteiger partial charge < -0.3 is 14.8 Å². The molecule has 2 aromatic rings. The maximum atomic E-state index is 5.93. The first-order chi connectivity index (χ1) is 9.63. The molecule has 5 heteroatoms. The van der Waals surface area contributed by atoms with Crippen molar-refractivity contribution in [1.82, 2.24) is 0 Å². The maximum absolute atomic E-state index is 5.93. The summed E-state index contributed by atoms with van der Waals surface area (Å²) in [6, 6.07) is 11.5. The second kappa shape index (κ2) is 6.86. The molecule has 0 aliphatic rings. The van der Waals surface area contributed by atoms with Crippen LogP contribution in [0.2, 0.25) is 5.02 Å². The average Bonchev–Trinajstić information content (AvgIpc) is 2.46. The molecule has 3 nitrogen and oxygen atoms in total. The van der Waals surface area contributed by atoms with Crippen molar-refractivity contribution >= 4 is 33.2 Å². The highest BCUT2D eigenvalue weighted by atomic mass is 79.9. The van der Waals surface area contributed by atoms with Gasteiger partial charge in [0.05, 0.1) is 14.2 Å². The average molecular weight is 357 g/mol. The monoisotopic (exact) mass is 355 g/mol. The zero-order valence-corrected chi connectivity index (χ0v) is 13.6. The summed E-state index contributed by atoms with van der Waals surface area (Å²) < 4.78 is 11.5. The number of halogens is 2. The molecule has 0 fully saturated rings. The maximum Gasteiger partial charge on any atom is 0.162 e. The number of ether oxygens (including phenoxy) is 2. The van der Waals surface area contributed by atoms with Crippen LogP contribution in [0.15, 0.2) is 40.9 Å². The molecule has 0 amide bonds. The Bertz CT molecular complexity index is 604. The summed E-state index contributed by atoms with van der Waals surface area (Å²) in [5.41, 5.74) is 2.09. The van der Waals surface area contributed by atoms with E-state index in [1.807, 2.05) is 36.4 Å². The van der Waals surface area contributed by atoms with Gasteiger partial charge in [-0.05, 0) is 29.8 Å². The van der Waals surface area contributed by atoms with Gasteiger partial charge in [0.25, 0.3) is 0 Å². The Morgan fingerprint density at radius 1 is 1.05 bits per heavy atom. The van der Waals surface area contributed by atoms with Gasteiger partial charge in [0.2, 0.25) is 0 Å². The van der Waals surface area contributed by atoms with Gasteiger partial charge in [-0.1, -0.05) is 33.6 Å². The fraction of sp³-hybridized carbons (Fsp3) is 0.200. The van der Waals surface area contributed by atoms with E-state index >= 15 is 0 Å². The molecule has 2 aromatic carbocycles. The molecule has 0 saturated carbocycles. The lowest BCUT2D eigenvalue weighted by Gasteiger charge is -2.12. The summed E-state index contributed by atoms with van der Waals surface area (Å²) in [6.45, 7) is 0.688. The van der Waals surface area contributed by atoms with Crippen LogP contribution >= 0.6 is 27.5 Å². The van der Waals surface area contributed by atoms with Crippen molar-refractivity contribution in [1.29, 1.82) is 0 Å². The largest absolute Gasteiger partial charge is 0.493 e. The summed E-state index contributed by atoms with van der Waals surface area (Å²) in [6.07, 6.45) is 0. The van der Waals surface area contributed by atoms with E-state index in [0.29, 0.717) is 23.1 Å². The zero-order chi connectivity index (χ0) is 14.5. The fourth-order valence-corrected chi connectivity index (χ4v) is 2.63. The topological polar surface area (TPSA) is 30.5 Å². The Morgan fingerprint density at radius 3 is 2.45 bits per heavy atom. The second-order valence-electron chi connectivity index (χ2n) is 4.16. The van der Waals surface area contributed by atoms with Gasteiger partial charge in [-0.2, -0.15) is 0 Å². The minimum Gasteiger partial charge on any atom is -0.493 e. The standard InChI is InChI=1S/C15H15BrClNO2/c1-19-14-6-5-12(8-15(14)20-2)18-9-10-3-4-11(17)7-13(10)16/h3-8,18H,9H2,1-2H3. The van der Waals surface area contributed by atoms with Crippen LogP contribution in [0.1, 0.15) is 5.56 Å². The molecule has 106 valence electrons. The fourth-order valence-electron chi connectivity index (χ4n) is 1.81. The molecule has 0 unspecified atom stereocenters. The molecule has 1 N–H and O–H groups in total. The van der Waals surface area contributed by atoms with Crippen LogP contribution in [-0.2, 0) is 6.54 Å². The first-order valence-corrected chi connectivity index (χ1v) is 7.21. The van der Waals surface area contributed by atoms with E-state index in [4.69, 9.17) is 21.1 Å². The third-order valence-corrected chi connectivity index (χ3v) is 3.85. The summed E-state index contributed by atoms with van der Waals surface area (Å²) in [5.74, 6) is 1.42. The van der Waals surface area contributed by atoms with Crippen LogP contribution in [0.4, 0.5) is 5.69 Å². The lowest BCUT2D eigenvalue weighted by atomic mass is 10.2. The van der Waals surface area contributed by atoms with Crippen molar-refractivity contribution in [2.24, 2.45) is 0 Å². The molecular formula is C15H15BrClNO2. The van der Waals surface area contributed by atoms with Gasteiger partial charge in [-0.25, -0.2) is 0 Å². The molecule has 0 spiro atoms. The first-order valence-electron chi connectivity index (χ1n) is 6.04. The molecule has 0 aliphatic carbocycles. The number of hydrogen-bond acceptors (Lipinski definition) is 3. The highest BCUT2D eigenvalue weighted by Crippen LogP contribution is 2.30. The van der Waals surface area contributed by atoms with Gasteiger partial charge in [0.1, 0.15) is 0 Å². The van der Waals surface area contributed by atoms with E-state index in [1.165, 1.54) is 0 Å². The summed E-state index contributed by atoms with van der Waals surface area (Å²) in [4.78, 5) is 0. The van der Waals surface area contributed by atoms with E-state index in [0.717, 1.165) is 15.7 Å². The van der Waals surface area contributed by atoms with E-state index in [-0.39, 0.29) is 0 Å². The summed E-state index contributed by atoms with van der Waals surface area (Å²) >= 11 is 9.43. The van der Waals surface area contributed by atoms with Crippen LogP contribution < -0.4 is 14.8 Å². The van der Waals surface area contributed by atoms with Gasteiger partial charge in [0.15, 0.2) is 11.5 Å². The van der Waals surface area contributed by atoms with E-state index in [1.54, 1.807) is 14.2 Å². The van der Waals surface area contributed by atoms with Crippen molar-refractivity contribution in [2.45, 2.75) is 6.54 Å². The van der Waals surface area contributed by atoms with Crippen LogP contribution in [-0.4, -0.2) is 14.2 Å². The van der Waals surface area contributed by atoms with Crippen LogP contribution in [0.25, 0.3) is 0 Å². The van der Waals surface area contributed by atoms with Gasteiger partial charge >= 0.3 is 0 Å². The van der Waals surface area contributed by atoms with Crippen molar-refractivity contribution in [2.75, 3.05) is 19.5 Å². The Hall–Kier alpha value is -1.39. The Morgan fingerprint density at radius 2 is 1.80 bits per heavy atom. The predicted molar refractivity (Wildman–Crippen MR) is 86.0 cm³/mol. The minimum absolute atomic E-state index is 0.688. The number of rotatable bonds is 5. The number of nitrogens with one attached hydrogen (secondary N) is 1. The third-order valence-electron chi connectivity index (χ3n) is 2.88. The number of hydrogen-bond donors (Lipinski definition) is 1. The molecular weight excluding hydrogens is 342 g/mol. The lowest BCUT2D eigenvalue weighted by Crippen LogP contribution is -2.01. The molecule has 0 aliphatic heterocycles. The molecule has 0 aromatic heterocycles. The molecule has 0 radical (unpaired) electrons. The van der Waals surface area contributed by atoms with Gasteiger partial charge in [-0.15, -0.1) is 0 Å². The highest BCUT2D eigenvalue weighted by Gasteiger charge is 2.05. The van der Waals surface area contributed by atoms with E-state index in [2.05, 4.69) is 21.2 Å². The number of methoxy groups -OCH3 is 2. The van der Waals surface area contributed by atoms with Crippen molar-refractivity contribution in [3.05, 3.63) is 51.5 Å². The zero-order valence-electron chi connectivity index (χ0n) is 11.2. The van der Waals surface area contributed by atoms with Gasteiger partial charge in [0, 0.05) is 27.8 Å². The Labute approximate surface area is 132 Å². The quantitative estimate of drug-likeness (QED) is 0.840. The molecule has 0 heterocycles. The number of benzene rings is 2. The summed E-state index contributed by atoms with van der Waals surface area (Å²) in [5, 5.41) is 4.05. The Balaban J connectivity index is 2.10. The van der Waals surface area contributed by atoms with Gasteiger partial charge in [-0.3, -0.25) is 0 Å². The lowest BCUT2D eigenvalue weighted by molar-refractivity contribution is 0.355. The SMILES string of the molecule is COc1ccc(NCc2ccc(Cl)cc2Br)cc1OC. The molecule has 0 atom stereocenters. The van der Waals surface area contributed by atoms with Crippen LogP contribution in [0.5, 0.6) is 11.5 Å². The normalized spacial score (nSPS) is 10.2. The molecule has 0 bridgehead atoms. The van der Waals surface area contributed by atoms with Crippen molar-refractivity contribution < 1.29 is 9.47 Å². The first kappa shape index (κ1) is 15.0. The van der Waals surface area contributed by atoms with Crippen molar-refractivity contribution in [3.8, 4) is 11.5 Å². The Kier molecular flexibility index (Phi) is 5.15. The third kappa shape index (κ3) is 3.58. The predicted octanol–water partition coefficient (Wildman–Crippen LogP) is 4.73. The minimum atomic E-state index is 0.688. The summed E-state index contributed by atoms with van der Waals surface area (Å²) in [7, 11) is 3.24. The highest BCUT2D eigenvalue weighted by molar-refractivity contribution is 9.10. The van der Waals surface area contributed by atoms with E-state index in [9.17, 15) is 0 Å². The van der Waals surface area contributed by atoms with Crippen LogP contribution in [0, 0.1) is 0 Å². The molecule has 20 heavy (non-hydrogen) atoms.